The first-order valence-corrected chi connectivity index (χ1v) is 7.00. The second-order valence-corrected chi connectivity index (χ2v) is 5.51. The topological polar surface area (TPSA) is 32.3 Å². The average Bonchev–Trinajstić information content (AvgIpc) is 2.82. The second-order valence-electron chi connectivity index (χ2n) is 5.10. The van der Waals surface area contributed by atoms with Crippen LogP contribution in [0.4, 0.5) is 4.39 Å². The fraction of sp³-hybridized carbons (Fsp3) is 0.250. The summed E-state index contributed by atoms with van der Waals surface area (Å²) in [5.41, 5.74) is 3.39. The van der Waals surface area contributed by atoms with Gasteiger partial charge in [0, 0.05) is 12.6 Å². The number of nitrogens with one attached hydrogen (secondary N) is 1. The van der Waals surface area contributed by atoms with E-state index in [4.69, 9.17) is 11.6 Å². The highest BCUT2D eigenvalue weighted by Gasteiger charge is 2.22. The number of hydrogen-bond acceptors (Lipinski definition) is 2. The quantitative estimate of drug-likeness (QED) is 0.897. The molecule has 2 N–H and O–H groups in total. The van der Waals surface area contributed by atoms with E-state index in [-0.39, 0.29) is 11.1 Å². The van der Waals surface area contributed by atoms with Crippen molar-refractivity contribution in [1.82, 2.24) is 5.32 Å². The number of phenolic OH excluding ortho intramolecular Hbond substituents is 1. The smallest absolute Gasteiger partial charge is 0.141 e. The first kappa shape index (κ1) is 13.4. The summed E-state index contributed by atoms with van der Waals surface area (Å²) in [6.45, 7) is 0.644. The van der Waals surface area contributed by atoms with Gasteiger partial charge in [-0.1, -0.05) is 23.7 Å². The van der Waals surface area contributed by atoms with E-state index < -0.39 is 5.82 Å². The molecule has 1 unspecified atom stereocenters. The SMILES string of the molecule is Oc1ccc2c(c1)CCC2NCc1ccc(F)c(Cl)c1. The summed E-state index contributed by atoms with van der Waals surface area (Å²) in [4.78, 5) is 0. The molecule has 0 radical (unpaired) electrons. The lowest BCUT2D eigenvalue weighted by Gasteiger charge is -2.14. The van der Waals surface area contributed by atoms with Gasteiger partial charge < -0.3 is 10.4 Å². The number of benzene rings is 2. The third-order valence-electron chi connectivity index (χ3n) is 3.74. The van der Waals surface area contributed by atoms with Crippen molar-refractivity contribution in [3.05, 3.63) is 63.9 Å². The average molecular weight is 292 g/mol. The number of rotatable bonds is 3. The van der Waals surface area contributed by atoms with Gasteiger partial charge in [0.05, 0.1) is 5.02 Å². The first-order chi connectivity index (χ1) is 9.63. The molecule has 0 amide bonds. The molecule has 3 rings (SSSR count). The Morgan fingerprint density at radius 2 is 2.10 bits per heavy atom. The van der Waals surface area contributed by atoms with Crippen molar-refractivity contribution in [3.63, 3.8) is 0 Å². The molecule has 0 heterocycles. The lowest BCUT2D eigenvalue weighted by atomic mass is 10.1. The lowest BCUT2D eigenvalue weighted by molar-refractivity contribution is 0.474. The molecule has 2 aromatic carbocycles. The van der Waals surface area contributed by atoms with Crippen molar-refractivity contribution in [1.29, 1.82) is 0 Å². The highest BCUT2D eigenvalue weighted by molar-refractivity contribution is 6.30. The second kappa shape index (κ2) is 5.43. The molecule has 0 aliphatic heterocycles. The summed E-state index contributed by atoms with van der Waals surface area (Å²) in [7, 11) is 0. The Labute approximate surface area is 122 Å². The predicted octanol–water partition coefficient (Wildman–Crippen LogP) is 3.96. The Balaban J connectivity index is 1.70. The third kappa shape index (κ3) is 2.65. The number of fused-ring (bicyclic) bond motifs is 1. The van der Waals surface area contributed by atoms with Crippen molar-refractivity contribution in [2.24, 2.45) is 0 Å². The molecule has 1 aliphatic rings. The van der Waals surface area contributed by atoms with Crippen LogP contribution in [0.25, 0.3) is 0 Å². The minimum atomic E-state index is -0.392. The molecule has 4 heteroatoms. The van der Waals surface area contributed by atoms with E-state index in [1.165, 1.54) is 17.2 Å². The van der Waals surface area contributed by atoms with E-state index in [1.807, 2.05) is 12.1 Å². The Hall–Kier alpha value is -1.58. The summed E-state index contributed by atoms with van der Waals surface area (Å²) in [6.07, 6.45) is 1.97. The maximum atomic E-state index is 13.1. The lowest BCUT2D eigenvalue weighted by Crippen LogP contribution is -2.18. The predicted molar refractivity (Wildman–Crippen MR) is 77.4 cm³/mol. The van der Waals surface area contributed by atoms with Crippen LogP contribution in [0.3, 0.4) is 0 Å². The molecule has 2 aromatic rings. The number of aromatic hydroxyl groups is 1. The van der Waals surface area contributed by atoms with E-state index in [1.54, 1.807) is 18.2 Å². The highest BCUT2D eigenvalue weighted by atomic mass is 35.5. The molecular weight excluding hydrogens is 277 g/mol. The minimum Gasteiger partial charge on any atom is -0.508 e. The monoisotopic (exact) mass is 291 g/mol. The van der Waals surface area contributed by atoms with Crippen molar-refractivity contribution < 1.29 is 9.50 Å². The largest absolute Gasteiger partial charge is 0.508 e. The minimum absolute atomic E-state index is 0.154. The number of phenols is 1. The maximum Gasteiger partial charge on any atom is 0.141 e. The summed E-state index contributed by atoms with van der Waals surface area (Å²) in [6, 6.07) is 10.6. The summed E-state index contributed by atoms with van der Waals surface area (Å²) >= 11 is 5.78. The van der Waals surface area contributed by atoms with Crippen LogP contribution < -0.4 is 5.32 Å². The first-order valence-electron chi connectivity index (χ1n) is 6.62. The molecule has 104 valence electrons. The van der Waals surface area contributed by atoms with Crippen LogP contribution in [0.5, 0.6) is 5.75 Å². The zero-order valence-electron chi connectivity index (χ0n) is 10.9. The van der Waals surface area contributed by atoms with Crippen LogP contribution in [0.2, 0.25) is 5.02 Å². The van der Waals surface area contributed by atoms with Crippen LogP contribution >= 0.6 is 11.6 Å². The van der Waals surface area contributed by atoms with Crippen molar-refractivity contribution in [2.75, 3.05) is 0 Å². The Kier molecular flexibility index (Phi) is 3.64. The van der Waals surface area contributed by atoms with Gasteiger partial charge in [0.25, 0.3) is 0 Å². The van der Waals surface area contributed by atoms with E-state index >= 15 is 0 Å². The number of halogens is 2. The summed E-state index contributed by atoms with van der Waals surface area (Å²) < 4.78 is 13.1. The van der Waals surface area contributed by atoms with Gasteiger partial charge in [0.2, 0.25) is 0 Å². The van der Waals surface area contributed by atoms with Crippen molar-refractivity contribution in [3.8, 4) is 5.75 Å². The fourth-order valence-electron chi connectivity index (χ4n) is 2.71. The Morgan fingerprint density at radius 1 is 1.25 bits per heavy atom. The summed E-state index contributed by atoms with van der Waals surface area (Å²) in [5, 5.41) is 13.1. The summed E-state index contributed by atoms with van der Waals surface area (Å²) in [5.74, 6) is -0.0770. The van der Waals surface area contributed by atoms with Gasteiger partial charge in [-0.05, 0) is 53.8 Å². The van der Waals surface area contributed by atoms with E-state index in [9.17, 15) is 9.50 Å². The van der Waals surface area contributed by atoms with E-state index in [2.05, 4.69) is 5.32 Å². The third-order valence-corrected chi connectivity index (χ3v) is 4.03. The van der Waals surface area contributed by atoms with Gasteiger partial charge in [-0.2, -0.15) is 0 Å². The zero-order valence-corrected chi connectivity index (χ0v) is 11.6. The van der Waals surface area contributed by atoms with E-state index in [0.717, 1.165) is 18.4 Å². The van der Waals surface area contributed by atoms with E-state index in [0.29, 0.717) is 12.3 Å². The molecule has 20 heavy (non-hydrogen) atoms. The van der Waals surface area contributed by atoms with Crippen molar-refractivity contribution >= 4 is 11.6 Å². The Morgan fingerprint density at radius 3 is 2.90 bits per heavy atom. The van der Waals surface area contributed by atoms with Crippen LogP contribution in [0, 0.1) is 5.82 Å². The molecule has 1 aliphatic carbocycles. The maximum absolute atomic E-state index is 13.1. The van der Waals surface area contributed by atoms with Gasteiger partial charge in [-0.25, -0.2) is 4.39 Å². The molecule has 0 bridgehead atoms. The van der Waals surface area contributed by atoms with Crippen molar-refractivity contribution in [2.45, 2.75) is 25.4 Å². The van der Waals surface area contributed by atoms with Gasteiger partial charge in [0.15, 0.2) is 0 Å². The molecule has 0 fully saturated rings. The molecule has 1 atom stereocenters. The fourth-order valence-corrected chi connectivity index (χ4v) is 2.91. The van der Waals surface area contributed by atoms with Gasteiger partial charge in [-0.3, -0.25) is 0 Å². The molecule has 2 nitrogen and oxygen atoms in total. The van der Waals surface area contributed by atoms with Gasteiger partial charge in [-0.15, -0.1) is 0 Å². The molecule has 0 saturated heterocycles. The molecule has 0 saturated carbocycles. The molecule has 0 spiro atoms. The number of aryl methyl sites for hydroxylation is 1. The van der Waals surface area contributed by atoms with Gasteiger partial charge >= 0.3 is 0 Å². The van der Waals surface area contributed by atoms with Crippen LogP contribution in [0.1, 0.15) is 29.2 Å². The van der Waals surface area contributed by atoms with Gasteiger partial charge in [0.1, 0.15) is 11.6 Å². The molecular formula is C16H15ClFNO. The van der Waals surface area contributed by atoms with Crippen LogP contribution in [0.15, 0.2) is 36.4 Å². The molecule has 0 aromatic heterocycles. The zero-order chi connectivity index (χ0) is 14.1. The highest BCUT2D eigenvalue weighted by Crippen LogP contribution is 2.33. The van der Waals surface area contributed by atoms with Crippen LogP contribution in [-0.2, 0) is 13.0 Å². The standard InChI is InChI=1S/C16H15ClFNO/c17-14-7-10(1-5-15(14)18)9-19-16-6-2-11-8-12(20)3-4-13(11)16/h1,3-5,7-8,16,19-20H,2,6,9H2. The van der Waals surface area contributed by atoms with Crippen LogP contribution in [-0.4, -0.2) is 5.11 Å². The normalized spacial score (nSPS) is 17.2. The Bertz CT molecular complexity index is 644. The number of hydrogen-bond donors (Lipinski definition) is 2.